The molecule has 0 atom stereocenters. The van der Waals surface area contributed by atoms with Crippen LogP contribution in [0.3, 0.4) is 0 Å². The number of sulfone groups is 1. The number of nitrogens with zero attached hydrogens (tertiary/aromatic N) is 2. The summed E-state index contributed by atoms with van der Waals surface area (Å²) >= 11 is 0. The number of anilines is 1. The summed E-state index contributed by atoms with van der Waals surface area (Å²) in [5.41, 5.74) is 3.88. The highest BCUT2D eigenvalue weighted by atomic mass is 32.2. The van der Waals surface area contributed by atoms with E-state index in [2.05, 4.69) is 10.4 Å². The summed E-state index contributed by atoms with van der Waals surface area (Å²) in [4.78, 5) is 12.5. The van der Waals surface area contributed by atoms with E-state index in [-0.39, 0.29) is 24.0 Å². The molecule has 0 saturated heterocycles. The van der Waals surface area contributed by atoms with E-state index >= 15 is 0 Å². The summed E-state index contributed by atoms with van der Waals surface area (Å²) in [6.07, 6.45) is 0. The Balaban J connectivity index is 1.60. The van der Waals surface area contributed by atoms with Gasteiger partial charge in [0, 0.05) is 5.56 Å². The van der Waals surface area contributed by atoms with Gasteiger partial charge in [0.15, 0.2) is 16.4 Å². The number of aromatic nitrogens is 2. The number of rotatable bonds is 5. The van der Waals surface area contributed by atoms with Gasteiger partial charge in [-0.3, -0.25) is 4.79 Å². The third kappa shape index (κ3) is 4.17. The SMILES string of the molecule is Cc1ccc(-n2nc3c(c2NC(=O)COc2cccc(C)c2)CS(=O)(=O)C3)cc1. The zero-order valence-corrected chi connectivity index (χ0v) is 17.0. The first kappa shape index (κ1) is 19.2. The van der Waals surface area contributed by atoms with E-state index in [1.807, 2.05) is 56.3 Å². The van der Waals surface area contributed by atoms with Gasteiger partial charge in [-0.2, -0.15) is 5.10 Å². The Morgan fingerprint density at radius 2 is 1.86 bits per heavy atom. The van der Waals surface area contributed by atoms with Gasteiger partial charge in [0.1, 0.15) is 11.6 Å². The molecule has 2 heterocycles. The van der Waals surface area contributed by atoms with Crippen LogP contribution in [0.1, 0.15) is 22.4 Å². The number of hydrogen-bond donors (Lipinski definition) is 1. The molecule has 0 saturated carbocycles. The molecule has 0 spiro atoms. The highest BCUT2D eigenvalue weighted by Crippen LogP contribution is 2.33. The number of hydrogen-bond acceptors (Lipinski definition) is 5. The quantitative estimate of drug-likeness (QED) is 0.697. The molecule has 1 aromatic heterocycles. The molecule has 7 nitrogen and oxygen atoms in total. The van der Waals surface area contributed by atoms with Crippen LogP contribution < -0.4 is 10.1 Å². The largest absolute Gasteiger partial charge is 0.484 e. The van der Waals surface area contributed by atoms with Crippen LogP contribution in [0.15, 0.2) is 48.5 Å². The second kappa shape index (κ2) is 7.36. The van der Waals surface area contributed by atoms with Gasteiger partial charge >= 0.3 is 0 Å². The summed E-state index contributed by atoms with van der Waals surface area (Å²) in [5, 5.41) is 7.25. The first-order chi connectivity index (χ1) is 13.8. The molecular formula is C21H21N3O4S. The van der Waals surface area contributed by atoms with Crippen molar-refractivity contribution in [3.05, 3.63) is 70.9 Å². The number of fused-ring (bicyclic) bond motifs is 1. The lowest BCUT2D eigenvalue weighted by Gasteiger charge is -2.12. The van der Waals surface area contributed by atoms with Gasteiger partial charge in [0.05, 0.1) is 22.9 Å². The van der Waals surface area contributed by atoms with Gasteiger partial charge in [-0.05, 0) is 43.7 Å². The lowest BCUT2D eigenvalue weighted by atomic mass is 10.2. The first-order valence-corrected chi connectivity index (χ1v) is 11.0. The smallest absolute Gasteiger partial charge is 0.263 e. The van der Waals surface area contributed by atoms with Gasteiger partial charge in [0.25, 0.3) is 5.91 Å². The van der Waals surface area contributed by atoms with Crippen LogP contribution in [0.4, 0.5) is 5.82 Å². The Labute approximate surface area is 169 Å². The Morgan fingerprint density at radius 3 is 2.59 bits per heavy atom. The predicted molar refractivity (Wildman–Crippen MR) is 110 cm³/mol. The number of ether oxygens (including phenoxy) is 1. The summed E-state index contributed by atoms with van der Waals surface area (Å²) in [6, 6.07) is 15.0. The molecule has 3 aromatic rings. The molecular weight excluding hydrogens is 390 g/mol. The van der Waals surface area contributed by atoms with Gasteiger partial charge in [-0.25, -0.2) is 13.1 Å². The lowest BCUT2D eigenvalue weighted by molar-refractivity contribution is -0.118. The van der Waals surface area contributed by atoms with Gasteiger partial charge in [0.2, 0.25) is 0 Å². The fourth-order valence-electron chi connectivity index (χ4n) is 3.27. The van der Waals surface area contributed by atoms with Crippen molar-refractivity contribution in [1.29, 1.82) is 0 Å². The van der Waals surface area contributed by atoms with Crippen LogP contribution in [0.5, 0.6) is 5.75 Å². The number of amides is 1. The number of nitrogens with one attached hydrogen (secondary N) is 1. The molecule has 0 aliphatic carbocycles. The topological polar surface area (TPSA) is 90.3 Å². The zero-order chi connectivity index (χ0) is 20.6. The molecule has 1 amide bonds. The highest BCUT2D eigenvalue weighted by molar-refractivity contribution is 7.90. The van der Waals surface area contributed by atoms with Crippen molar-refractivity contribution >= 4 is 21.6 Å². The van der Waals surface area contributed by atoms with Crippen LogP contribution in [0.2, 0.25) is 0 Å². The Bertz CT molecular complexity index is 1180. The molecule has 29 heavy (non-hydrogen) atoms. The number of carbonyl (C=O) groups excluding carboxylic acids is 1. The Hall–Kier alpha value is -3.13. The van der Waals surface area contributed by atoms with E-state index in [1.165, 1.54) is 0 Å². The number of aryl methyl sites for hydroxylation is 2. The van der Waals surface area contributed by atoms with E-state index in [1.54, 1.807) is 10.7 Å². The highest BCUT2D eigenvalue weighted by Gasteiger charge is 2.33. The van der Waals surface area contributed by atoms with E-state index in [0.29, 0.717) is 22.8 Å². The summed E-state index contributed by atoms with van der Waals surface area (Å²) in [7, 11) is -3.24. The Kier molecular flexibility index (Phi) is 4.87. The molecule has 1 aliphatic heterocycles. The van der Waals surface area contributed by atoms with E-state index in [0.717, 1.165) is 16.8 Å². The summed E-state index contributed by atoms with van der Waals surface area (Å²) in [6.45, 7) is 3.73. The zero-order valence-electron chi connectivity index (χ0n) is 16.2. The normalized spacial score (nSPS) is 14.4. The Morgan fingerprint density at radius 1 is 1.10 bits per heavy atom. The third-order valence-corrected chi connectivity index (χ3v) is 6.13. The molecule has 1 aliphatic rings. The minimum absolute atomic E-state index is 0.121. The summed E-state index contributed by atoms with van der Waals surface area (Å²) in [5.74, 6) is 0.335. The molecule has 8 heteroatoms. The van der Waals surface area contributed by atoms with Crippen LogP contribution in [0.25, 0.3) is 5.69 Å². The van der Waals surface area contributed by atoms with E-state index < -0.39 is 9.84 Å². The maximum atomic E-state index is 12.5. The van der Waals surface area contributed by atoms with Gasteiger partial charge in [-0.1, -0.05) is 29.8 Å². The second-order valence-electron chi connectivity index (χ2n) is 7.21. The maximum absolute atomic E-state index is 12.5. The first-order valence-electron chi connectivity index (χ1n) is 9.18. The molecule has 0 fully saturated rings. The van der Waals surface area contributed by atoms with Crippen molar-refractivity contribution in [3.8, 4) is 11.4 Å². The van der Waals surface area contributed by atoms with Crippen molar-refractivity contribution in [1.82, 2.24) is 9.78 Å². The maximum Gasteiger partial charge on any atom is 0.263 e. The van der Waals surface area contributed by atoms with Gasteiger partial charge in [-0.15, -0.1) is 0 Å². The van der Waals surface area contributed by atoms with Crippen LogP contribution in [-0.4, -0.2) is 30.7 Å². The monoisotopic (exact) mass is 411 g/mol. The van der Waals surface area contributed by atoms with Crippen molar-refractivity contribution < 1.29 is 17.9 Å². The fourth-order valence-corrected chi connectivity index (χ4v) is 4.76. The fraction of sp³-hybridized carbons (Fsp3) is 0.238. The van der Waals surface area contributed by atoms with E-state index in [4.69, 9.17) is 4.74 Å². The van der Waals surface area contributed by atoms with Crippen molar-refractivity contribution in [2.75, 3.05) is 11.9 Å². The van der Waals surface area contributed by atoms with Crippen LogP contribution in [0, 0.1) is 13.8 Å². The standard InChI is InChI=1S/C21H21N3O4S/c1-14-6-8-16(9-7-14)24-21(18-12-29(26,27)13-19(18)23-24)22-20(25)11-28-17-5-3-4-15(2)10-17/h3-10H,11-13H2,1-2H3,(H,22,25). The average molecular weight is 411 g/mol. The minimum Gasteiger partial charge on any atom is -0.484 e. The molecule has 4 rings (SSSR count). The molecule has 0 bridgehead atoms. The number of benzene rings is 2. The molecule has 0 radical (unpaired) electrons. The van der Waals surface area contributed by atoms with Crippen molar-refractivity contribution in [3.63, 3.8) is 0 Å². The van der Waals surface area contributed by atoms with Crippen LogP contribution >= 0.6 is 0 Å². The second-order valence-corrected chi connectivity index (χ2v) is 9.27. The van der Waals surface area contributed by atoms with Crippen LogP contribution in [-0.2, 0) is 26.1 Å². The third-order valence-electron chi connectivity index (χ3n) is 4.68. The molecule has 0 unspecified atom stereocenters. The summed E-state index contributed by atoms with van der Waals surface area (Å²) < 4.78 is 31.2. The molecule has 1 N–H and O–H groups in total. The average Bonchev–Trinajstić information content (AvgIpc) is 3.13. The van der Waals surface area contributed by atoms with Gasteiger partial charge < -0.3 is 10.1 Å². The minimum atomic E-state index is -3.24. The number of carbonyl (C=O) groups is 1. The van der Waals surface area contributed by atoms with Crippen molar-refractivity contribution in [2.24, 2.45) is 0 Å². The molecule has 2 aromatic carbocycles. The molecule has 150 valence electrons. The predicted octanol–water partition coefficient (Wildman–Crippen LogP) is 2.94. The lowest BCUT2D eigenvalue weighted by Crippen LogP contribution is -2.22. The van der Waals surface area contributed by atoms with Crippen molar-refractivity contribution in [2.45, 2.75) is 25.4 Å². The van der Waals surface area contributed by atoms with E-state index in [9.17, 15) is 13.2 Å².